The van der Waals surface area contributed by atoms with E-state index in [4.69, 9.17) is 29.4 Å². The number of esters is 1. The van der Waals surface area contributed by atoms with Crippen molar-refractivity contribution in [1.82, 2.24) is 0 Å². The summed E-state index contributed by atoms with van der Waals surface area (Å²) in [7, 11) is 0. The van der Waals surface area contributed by atoms with Gasteiger partial charge in [-0.15, -0.1) is 0 Å². The lowest BCUT2D eigenvalue weighted by Crippen LogP contribution is -2.52. The predicted octanol–water partition coefficient (Wildman–Crippen LogP) is 5.40. The van der Waals surface area contributed by atoms with Crippen molar-refractivity contribution in [3.8, 4) is 11.5 Å². The van der Waals surface area contributed by atoms with Crippen LogP contribution in [0.2, 0.25) is 0 Å². The molecule has 1 aromatic carbocycles. The van der Waals surface area contributed by atoms with Crippen LogP contribution in [-0.4, -0.2) is 52.2 Å². The summed E-state index contributed by atoms with van der Waals surface area (Å²) in [6, 6.07) is 4.13. The van der Waals surface area contributed by atoms with E-state index >= 15 is 0 Å². The smallest absolute Gasteiger partial charge is 0.480 e. The summed E-state index contributed by atoms with van der Waals surface area (Å²) in [4.78, 5) is 48.9. The summed E-state index contributed by atoms with van der Waals surface area (Å²) < 4.78 is 26.2. The minimum Gasteiger partial charge on any atom is -0.480 e. The Kier molecular flexibility index (Phi) is 11.8. The quantitative estimate of drug-likeness (QED) is 0.205. The number of nitrogens with two attached hydrogens (primary N) is 1. The molecule has 0 aliphatic heterocycles. The molecule has 1 aromatic rings. The number of ether oxygens (including phenoxy) is 5. The van der Waals surface area contributed by atoms with Crippen LogP contribution >= 0.6 is 0 Å². The highest BCUT2D eigenvalue weighted by atomic mass is 16.8. The molecule has 0 saturated heterocycles. The van der Waals surface area contributed by atoms with E-state index in [1.54, 1.807) is 48.5 Å². The average Bonchev–Trinajstić information content (AvgIpc) is 2.71. The van der Waals surface area contributed by atoms with Gasteiger partial charge in [-0.2, -0.15) is 0 Å². The molecule has 3 N–H and O–H groups in total. The van der Waals surface area contributed by atoms with E-state index in [0.29, 0.717) is 17.9 Å². The van der Waals surface area contributed by atoms with Gasteiger partial charge in [0.05, 0.1) is 0 Å². The van der Waals surface area contributed by atoms with Crippen molar-refractivity contribution < 1.29 is 48.0 Å². The number of rotatable bonds is 11. The summed E-state index contributed by atoms with van der Waals surface area (Å²) in [6.45, 7) is 15.5. The molecule has 0 aliphatic rings. The predicted molar refractivity (Wildman–Crippen MR) is 143 cm³/mol. The first-order valence-electron chi connectivity index (χ1n) is 12.9. The van der Waals surface area contributed by atoms with E-state index in [9.17, 15) is 24.3 Å². The molecule has 0 spiro atoms. The monoisotopic (exact) mass is 553 g/mol. The van der Waals surface area contributed by atoms with Crippen molar-refractivity contribution >= 4 is 24.2 Å². The first-order chi connectivity index (χ1) is 17.7. The molecule has 39 heavy (non-hydrogen) atoms. The fraction of sp³-hybridized carbons (Fsp3) is 0.643. The van der Waals surface area contributed by atoms with Crippen LogP contribution in [0.4, 0.5) is 9.59 Å². The van der Waals surface area contributed by atoms with Gasteiger partial charge in [-0.25, -0.2) is 9.59 Å². The van der Waals surface area contributed by atoms with E-state index in [1.165, 1.54) is 18.2 Å². The Labute approximate surface area is 230 Å². The van der Waals surface area contributed by atoms with Gasteiger partial charge in [-0.3, -0.25) is 9.59 Å². The van der Waals surface area contributed by atoms with Gasteiger partial charge in [-0.05, 0) is 78.5 Å². The normalized spacial score (nSPS) is 14.1. The molecule has 0 aliphatic carbocycles. The fourth-order valence-corrected chi connectivity index (χ4v) is 3.39. The van der Waals surface area contributed by atoms with E-state index in [-0.39, 0.29) is 30.8 Å². The minimum atomic E-state index is -1.82. The molecule has 11 heteroatoms. The Balaban J connectivity index is 3.20. The highest BCUT2D eigenvalue weighted by Gasteiger charge is 2.37. The molecule has 2 atom stereocenters. The maximum absolute atomic E-state index is 12.4. The van der Waals surface area contributed by atoms with Crippen LogP contribution < -0.4 is 15.2 Å². The first-order valence-corrected chi connectivity index (χ1v) is 12.9. The molecule has 1 unspecified atom stereocenters. The third kappa shape index (κ3) is 13.3. The second-order valence-corrected chi connectivity index (χ2v) is 12.0. The van der Waals surface area contributed by atoms with Crippen molar-refractivity contribution in [2.24, 2.45) is 11.7 Å². The van der Waals surface area contributed by atoms with Crippen LogP contribution in [0.5, 0.6) is 11.5 Å². The van der Waals surface area contributed by atoms with E-state index in [1.807, 2.05) is 13.8 Å². The zero-order chi connectivity index (χ0) is 30.2. The van der Waals surface area contributed by atoms with Gasteiger partial charge in [0.15, 0.2) is 11.5 Å². The zero-order valence-electron chi connectivity index (χ0n) is 24.4. The number of aliphatic carboxylic acids is 1. The van der Waals surface area contributed by atoms with Gasteiger partial charge < -0.3 is 34.5 Å². The maximum atomic E-state index is 12.4. The molecule has 0 amide bonds. The topological polar surface area (TPSA) is 161 Å². The molecular formula is C28H43NO10. The number of hydrogen-bond donors (Lipinski definition) is 2. The second-order valence-electron chi connectivity index (χ2n) is 12.0. The zero-order valence-corrected chi connectivity index (χ0v) is 24.4. The van der Waals surface area contributed by atoms with Crippen molar-refractivity contribution in [1.29, 1.82) is 0 Å². The lowest BCUT2D eigenvalue weighted by Gasteiger charge is -2.28. The number of hydrogen-bond acceptors (Lipinski definition) is 10. The minimum absolute atomic E-state index is 0.149. The summed E-state index contributed by atoms with van der Waals surface area (Å²) in [5, 5.41) is 9.92. The van der Waals surface area contributed by atoms with Crippen LogP contribution in [0, 0.1) is 5.92 Å². The van der Waals surface area contributed by atoms with Gasteiger partial charge in [0.25, 0.3) is 0 Å². The Morgan fingerprint density at radius 1 is 0.872 bits per heavy atom. The SMILES string of the molecule is CC(C)CCC(=O)O[C@@H](C)CC(N)(Cc1ccc(OC(=O)OC(C)(C)C)c(OC(=O)OC(C)(C)C)c1)C(=O)O. The summed E-state index contributed by atoms with van der Waals surface area (Å²) in [5.41, 5.74) is 3.10. The molecule has 0 saturated carbocycles. The van der Waals surface area contributed by atoms with Crippen LogP contribution in [0.15, 0.2) is 18.2 Å². The number of carboxylic acid groups (broad SMARTS) is 1. The molecule has 1 rings (SSSR count). The van der Waals surface area contributed by atoms with Crippen LogP contribution in [0.25, 0.3) is 0 Å². The van der Waals surface area contributed by atoms with E-state index in [0.717, 1.165) is 0 Å². The van der Waals surface area contributed by atoms with Crippen molar-refractivity contribution in [2.45, 2.75) is 111 Å². The molecule has 11 nitrogen and oxygen atoms in total. The van der Waals surface area contributed by atoms with Crippen LogP contribution in [0.3, 0.4) is 0 Å². The third-order valence-corrected chi connectivity index (χ3v) is 5.03. The van der Waals surface area contributed by atoms with Gasteiger partial charge in [0.2, 0.25) is 0 Å². The highest BCUT2D eigenvalue weighted by molar-refractivity contribution is 5.79. The number of carboxylic acids is 1. The summed E-state index contributed by atoms with van der Waals surface area (Å²) in [5.74, 6) is -1.77. The van der Waals surface area contributed by atoms with Crippen molar-refractivity contribution in [3.63, 3.8) is 0 Å². The summed E-state index contributed by atoms with van der Waals surface area (Å²) >= 11 is 0. The number of carbonyl (C=O) groups is 4. The van der Waals surface area contributed by atoms with Gasteiger partial charge in [0.1, 0.15) is 22.8 Å². The van der Waals surface area contributed by atoms with Crippen molar-refractivity contribution in [2.75, 3.05) is 0 Å². The van der Waals surface area contributed by atoms with Gasteiger partial charge in [-0.1, -0.05) is 19.9 Å². The standard InChI is InChI=1S/C28H43NO10/c1-17(2)10-13-22(30)35-18(3)15-28(29,23(31)32)16-19-11-12-20(36-24(33)38-26(4,5)6)21(14-19)37-25(34)39-27(7,8)9/h11-12,14,17-18H,10,13,15-16,29H2,1-9H3,(H,31,32)/t18-,28?/m0/s1. The maximum Gasteiger partial charge on any atom is 0.514 e. The second kappa shape index (κ2) is 13.6. The molecule has 0 heterocycles. The Morgan fingerprint density at radius 3 is 1.85 bits per heavy atom. The first kappa shape index (κ1) is 33.7. The fourth-order valence-electron chi connectivity index (χ4n) is 3.39. The molecule has 220 valence electrons. The van der Waals surface area contributed by atoms with Gasteiger partial charge >= 0.3 is 24.2 Å². The summed E-state index contributed by atoms with van der Waals surface area (Å²) in [6.07, 6.45) is -2.38. The molecular weight excluding hydrogens is 510 g/mol. The van der Waals surface area contributed by atoms with Crippen LogP contribution in [0.1, 0.15) is 87.1 Å². The number of carbonyl (C=O) groups excluding carboxylic acids is 3. The highest BCUT2D eigenvalue weighted by Crippen LogP contribution is 2.32. The lowest BCUT2D eigenvalue weighted by atomic mass is 9.86. The molecule has 0 radical (unpaired) electrons. The lowest BCUT2D eigenvalue weighted by molar-refractivity contribution is -0.153. The van der Waals surface area contributed by atoms with E-state index < -0.39 is 47.1 Å². The third-order valence-electron chi connectivity index (χ3n) is 5.03. The Morgan fingerprint density at radius 2 is 1.38 bits per heavy atom. The van der Waals surface area contributed by atoms with Crippen molar-refractivity contribution in [3.05, 3.63) is 23.8 Å². The van der Waals surface area contributed by atoms with Crippen LogP contribution in [-0.2, 0) is 30.2 Å². The Bertz CT molecular complexity index is 1020. The van der Waals surface area contributed by atoms with E-state index in [2.05, 4.69) is 0 Å². The van der Waals surface area contributed by atoms with Gasteiger partial charge in [0, 0.05) is 19.3 Å². The average molecular weight is 554 g/mol. The largest absolute Gasteiger partial charge is 0.514 e. The molecule has 0 aromatic heterocycles. The Hall–Kier alpha value is -3.34. The molecule has 0 fully saturated rings. The number of benzene rings is 1. The molecule has 0 bridgehead atoms.